The molecule has 3 amide bonds. The number of rotatable bonds is 6. The molecule has 0 fully saturated rings. The Bertz CT molecular complexity index is 439. The second-order valence-corrected chi connectivity index (χ2v) is 6.36. The molecule has 0 atom stereocenters. The van der Waals surface area contributed by atoms with Crippen molar-refractivity contribution in [3.8, 4) is 0 Å². The molecular formula is C13H23N3O4. The van der Waals surface area contributed by atoms with Crippen LogP contribution in [-0.4, -0.2) is 35.1 Å². The minimum absolute atomic E-state index is 0.576. The Labute approximate surface area is 118 Å². The van der Waals surface area contributed by atoms with Gasteiger partial charge in [-0.1, -0.05) is 0 Å². The van der Waals surface area contributed by atoms with E-state index < -0.39 is 34.2 Å². The van der Waals surface area contributed by atoms with Crippen LogP contribution in [0.25, 0.3) is 0 Å². The van der Waals surface area contributed by atoms with Crippen LogP contribution in [0.5, 0.6) is 0 Å². The number of hydrogen-bond donors (Lipinski definition) is 3. The first-order valence-corrected chi connectivity index (χ1v) is 6.18. The molecule has 20 heavy (non-hydrogen) atoms. The average Bonchev–Trinajstić information content (AvgIpc) is 2.27. The number of carbonyl (C=O) groups is 4. The maximum absolute atomic E-state index is 12.1. The normalized spacial score (nSPS) is 12.5. The number of hydrogen-bond acceptors (Lipinski definition) is 4. The van der Waals surface area contributed by atoms with Crippen LogP contribution in [0.1, 0.15) is 41.5 Å². The quantitative estimate of drug-likeness (QED) is 0.449. The summed E-state index contributed by atoms with van der Waals surface area (Å²) >= 11 is 0. The number of nitrogens with one attached hydrogen (secondary N) is 2. The predicted molar refractivity (Wildman–Crippen MR) is 73.5 cm³/mol. The van der Waals surface area contributed by atoms with E-state index in [0.29, 0.717) is 6.29 Å². The van der Waals surface area contributed by atoms with Crippen molar-refractivity contribution in [3.05, 3.63) is 0 Å². The predicted octanol–water partition coefficient (Wildman–Crippen LogP) is -0.514. The summed E-state index contributed by atoms with van der Waals surface area (Å²) in [6.07, 6.45) is 0.576. The minimum Gasteiger partial charge on any atom is -0.368 e. The van der Waals surface area contributed by atoms with Crippen LogP contribution in [0.2, 0.25) is 0 Å². The van der Waals surface area contributed by atoms with Gasteiger partial charge in [0.25, 0.3) is 0 Å². The van der Waals surface area contributed by atoms with Crippen LogP contribution in [-0.2, 0) is 19.2 Å². The molecule has 7 heteroatoms. The Kier molecular flexibility index (Phi) is 5.06. The maximum atomic E-state index is 12.1. The van der Waals surface area contributed by atoms with E-state index in [1.165, 1.54) is 41.5 Å². The van der Waals surface area contributed by atoms with Crippen LogP contribution in [0.4, 0.5) is 0 Å². The maximum Gasteiger partial charge on any atom is 0.242 e. The Morgan fingerprint density at radius 2 is 1.30 bits per heavy atom. The molecule has 0 bridgehead atoms. The van der Waals surface area contributed by atoms with Crippen LogP contribution in [0.15, 0.2) is 0 Å². The molecule has 0 rings (SSSR count). The average molecular weight is 285 g/mol. The van der Waals surface area contributed by atoms with Crippen LogP contribution < -0.4 is 16.4 Å². The van der Waals surface area contributed by atoms with E-state index in [-0.39, 0.29) is 0 Å². The summed E-state index contributed by atoms with van der Waals surface area (Å²) in [6.45, 7) is 8.71. The molecular weight excluding hydrogens is 262 g/mol. The lowest BCUT2D eigenvalue weighted by Crippen LogP contribution is -2.60. The molecule has 0 aliphatic carbocycles. The van der Waals surface area contributed by atoms with Crippen molar-refractivity contribution in [2.45, 2.75) is 52.6 Å². The number of carbonyl (C=O) groups excluding carboxylic acids is 4. The largest absolute Gasteiger partial charge is 0.368 e. The van der Waals surface area contributed by atoms with Gasteiger partial charge in [0.2, 0.25) is 17.7 Å². The molecule has 0 aromatic rings. The number of amides is 3. The lowest BCUT2D eigenvalue weighted by Gasteiger charge is -2.31. The van der Waals surface area contributed by atoms with E-state index in [2.05, 4.69) is 10.6 Å². The monoisotopic (exact) mass is 285 g/mol. The summed E-state index contributed by atoms with van der Waals surface area (Å²) in [5.74, 6) is -1.98. The first-order valence-electron chi connectivity index (χ1n) is 6.18. The van der Waals surface area contributed by atoms with Crippen molar-refractivity contribution >= 4 is 24.0 Å². The Morgan fingerprint density at radius 1 is 0.900 bits per heavy atom. The molecule has 0 unspecified atom stereocenters. The van der Waals surface area contributed by atoms with Crippen LogP contribution >= 0.6 is 0 Å². The standard InChI is InChI=1S/C13H23N3O4/c1-11(2,7-17)15-9(19)12(3,4)10(20)16-13(5,6)8(14)18/h7H,1-6H3,(H2,14,18)(H,15,19)(H,16,20). The molecule has 0 heterocycles. The van der Waals surface area contributed by atoms with Crippen LogP contribution in [0, 0.1) is 5.41 Å². The van der Waals surface area contributed by atoms with E-state index >= 15 is 0 Å². The van der Waals surface area contributed by atoms with E-state index in [9.17, 15) is 19.2 Å². The SMILES string of the molecule is CC(C)(C=O)NC(=O)C(C)(C)C(=O)NC(C)(C)C(N)=O. The second kappa shape index (κ2) is 5.60. The van der Waals surface area contributed by atoms with Crippen molar-refractivity contribution in [1.82, 2.24) is 10.6 Å². The number of nitrogens with two attached hydrogens (primary N) is 1. The summed E-state index contributed by atoms with van der Waals surface area (Å²) < 4.78 is 0. The molecule has 0 saturated heterocycles. The molecule has 0 aromatic carbocycles. The Morgan fingerprint density at radius 3 is 1.65 bits per heavy atom. The first-order chi connectivity index (χ1) is 8.76. The van der Waals surface area contributed by atoms with Gasteiger partial charge >= 0.3 is 0 Å². The van der Waals surface area contributed by atoms with Gasteiger partial charge in [-0.15, -0.1) is 0 Å². The fraction of sp³-hybridized carbons (Fsp3) is 0.692. The van der Waals surface area contributed by atoms with E-state index in [0.717, 1.165) is 0 Å². The fourth-order valence-electron chi connectivity index (χ4n) is 1.08. The van der Waals surface area contributed by atoms with Crippen molar-refractivity contribution in [2.24, 2.45) is 11.1 Å². The fourth-order valence-corrected chi connectivity index (χ4v) is 1.08. The van der Waals surface area contributed by atoms with Crippen molar-refractivity contribution in [1.29, 1.82) is 0 Å². The van der Waals surface area contributed by atoms with E-state index in [4.69, 9.17) is 5.73 Å². The topological polar surface area (TPSA) is 118 Å². The summed E-state index contributed by atoms with van der Waals surface area (Å²) in [5, 5.41) is 4.88. The van der Waals surface area contributed by atoms with E-state index in [1.807, 2.05) is 0 Å². The lowest BCUT2D eigenvalue weighted by molar-refractivity contribution is -0.145. The third kappa shape index (κ3) is 4.32. The minimum atomic E-state index is -1.45. The third-order valence-corrected chi connectivity index (χ3v) is 2.91. The number of primary amides is 1. The summed E-state index contributed by atoms with van der Waals surface area (Å²) in [4.78, 5) is 46.2. The Hall–Kier alpha value is -1.92. The molecule has 0 spiro atoms. The molecule has 114 valence electrons. The molecule has 0 aliphatic rings. The highest BCUT2D eigenvalue weighted by Crippen LogP contribution is 2.19. The first kappa shape index (κ1) is 18.1. The smallest absolute Gasteiger partial charge is 0.242 e. The molecule has 0 radical (unpaired) electrons. The summed E-state index contributed by atoms with van der Waals surface area (Å²) in [6, 6.07) is 0. The zero-order chi connectivity index (χ0) is 16.4. The molecule has 7 nitrogen and oxygen atoms in total. The van der Waals surface area contributed by atoms with Gasteiger partial charge in [0.05, 0.1) is 5.54 Å². The number of aldehydes is 1. The van der Waals surface area contributed by atoms with Gasteiger partial charge in [-0.25, -0.2) is 0 Å². The summed E-state index contributed by atoms with van der Waals surface area (Å²) in [5.41, 5.74) is 1.36. The van der Waals surface area contributed by atoms with Gasteiger partial charge in [0, 0.05) is 0 Å². The zero-order valence-electron chi connectivity index (χ0n) is 12.8. The van der Waals surface area contributed by atoms with Gasteiger partial charge in [-0.3, -0.25) is 14.4 Å². The lowest BCUT2D eigenvalue weighted by atomic mass is 9.88. The van der Waals surface area contributed by atoms with Crippen molar-refractivity contribution < 1.29 is 19.2 Å². The van der Waals surface area contributed by atoms with Gasteiger partial charge in [0.1, 0.15) is 17.2 Å². The van der Waals surface area contributed by atoms with Gasteiger partial charge in [-0.2, -0.15) is 0 Å². The van der Waals surface area contributed by atoms with Gasteiger partial charge in [-0.05, 0) is 41.5 Å². The van der Waals surface area contributed by atoms with Gasteiger partial charge < -0.3 is 21.2 Å². The third-order valence-electron chi connectivity index (χ3n) is 2.91. The molecule has 0 saturated carbocycles. The second-order valence-electron chi connectivity index (χ2n) is 6.36. The molecule has 0 aliphatic heterocycles. The highest BCUT2D eigenvalue weighted by atomic mass is 16.2. The molecule has 4 N–H and O–H groups in total. The van der Waals surface area contributed by atoms with Crippen LogP contribution in [0.3, 0.4) is 0 Å². The summed E-state index contributed by atoms with van der Waals surface area (Å²) in [7, 11) is 0. The Balaban J connectivity index is 5.05. The van der Waals surface area contributed by atoms with Crippen molar-refractivity contribution in [2.75, 3.05) is 0 Å². The highest BCUT2D eigenvalue weighted by molar-refractivity contribution is 6.06. The van der Waals surface area contributed by atoms with Gasteiger partial charge in [0.15, 0.2) is 0 Å². The highest BCUT2D eigenvalue weighted by Gasteiger charge is 2.41. The zero-order valence-corrected chi connectivity index (χ0v) is 12.8. The molecule has 0 aromatic heterocycles. The van der Waals surface area contributed by atoms with Crippen molar-refractivity contribution in [3.63, 3.8) is 0 Å². The van der Waals surface area contributed by atoms with E-state index in [1.54, 1.807) is 0 Å².